The van der Waals surface area contributed by atoms with E-state index in [0.29, 0.717) is 0 Å². The van der Waals surface area contributed by atoms with Crippen molar-refractivity contribution in [3.05, 3.63) is 29.4 Å². The molecule has 0 saturated carbocycles. The van der Waals surface area contributed by atoms with Crippen molar-refractivity contribution < 1.29 is 0 Å². The first-order valence-corrected chi connectivity index (χ1v) is 5.14. The monoisotopic (exact) mass is 224 g/mol. The van der Waals surface area contributed by atoms with Gasteiger partial charge >= 0.3 is 0 Å². The number of aromatic nitrogens is 2. The Morgan fingerprint density at radius 3 is 2.67 bits per heavy atom. The maximum atomic E-state index is 5.82. The van der Waals surface area contributed by atoms with Gasteiger partial charge in [0.15, 0.2) is 0 Å². The number of nitrogens with zero attached hydrogens (tertiary/aromatic N) is 4. The van der Waals surface area contributed by atoms with Crippen LogP contribution in [0.5, 0.6) is 0 Å². The van der Waals surface area contributed by atoms with Gasteiger partial charge in [-0.05, 0) is 18.5 Å². The summed E-state index contributed by atoms with van der Waals surface area (Å²) in [6.07, 6.45) is 0. The van der Waals surface area contributed by atoms with Crippen LogP contribution in [0.4, 0.5) is 5.82 Å². The van der Waals surface area contributed by atoms with Crippen LogP contribution in [0, 0.1) is 6.92 Å². The zero-order valence-corrected chi connectivity index (χ0v) is 9.62. The molecule has 0 spiro atoms. The molecule has 0 aliphatic carbocycles. The molecule has 1 aliphatic rings. The molecule has 0 bridgehead atoms. The van der Waals surface area contributed by atoms with Gasteiger partial charge in [0, 0.05) is 31.9 Å². The molecule has 2 heterocycles. The molecular weight excluding hydrogens is 212 g/mol. The predicted octanol–water partition coefficient (Wildman–Crippen LogP) is 1.66. The van der Waals surface area contributed by atoms with Crippen molar-refractivity contribution in [2.75, 3.05) is 25.0 Å². The van der Waals surface area contributed by atoms with E-state index in [-0.39, 0.29) is 5.28 Å². The van der Waals surface area contributed by atoms with E-state index in [1.807, 2.05) is 24.9 Å². The van der Waals surface area contributed by atoms with Crippen LogP contribution in [0.25, 0.3) is 0 Å². The van der Waals surface area contributed by atoms with E-state index in [0.717, 1.165) is 30.4 Å². The van der Waals surface area contributed by atoms with Crippen LogP contribution in [0.1, 0.15) is 5.69 Å². The minimum atomic E-state index is 0.285. The van der Waals surface area contributed by atoms with Crippen LogP contribution < -0.4 is 4.90 Å². The van der Waals surface area contributed by atoms with Crippen molar-refractivity contribution in [2.24, 2.45) is 0 Å². The molecule has 0 aromatic carbocycles. The Labute approximate surface area is 94.2 Å². The molecular formula is C10H13ClN4. The van der Waals surface area contributed by atoms with Crippen LogP contribution in [-0.4, -0.2) is 35.0 Å². The highest BCUT2D eigenvalue weighted by Gasteiger charge is 2.22. The highest BCUT2D eigenvalue weighted by atomic mass is 35.5. The summed E-state index contributed by atoms with van der Waals surface area (Å²) in [5, 5.41) is 0.285. The minimum absolute atomic E-state index is 0.285. The van der Waals surface area contributed by atoms with Gasteiger partial charge in [0.2, 0.25) is 5.28 Å². The van der Waals surface area contributed by atoms with E-state index in [4.69, 9.17) is 11.6 Å². The van der Waals surface area contributed by atoms with Crippen molar-refractivity contribution in [1.82, 2.24) is 14.9 Å². The van der Waals surface area contributed by atoms with Gasteiger partial charge in [-0.2, -0.15) is 0 Å². The molecule has 2 rings (SSSR count). The van der Waals surface area contributed by atoms with E-state index in [1.165, 1.54) is 0 Å². The quantitative estimate of drug-likeness (QED) is 0.680. The van der Waals surface area contributed by atoms with Gasteiger partial charge in [0.1, 0.15) is 11.6 Å². The third kappa shape index (κ3) is 1.90. The van der Waals surface area contributed by atoms with Gasteiger partial charge in [-0.3, -0.25) is 0 Å². The first-order valence-electron chi connectivity index (χ1n) is 4.76. The van der Waals surface area contributed by atoms with Gasteiger partial charge in [0.25, 0.3) is 0 Å². The zero-order chi connectivity index (χ0) is 11.0. The fraction of sp³-hybridized carbons (Fsp3) is 0.400. The smallest absolute Gasteiger partial charge is 0.224 e. The zero-order valence-electron chi connectivity index (χ0n) is 8.87. The summed E-state index contributed by atoms with van der Waals surface area (Å²) < 4.78 is 0. The van der Waals surface area contributed by atoms with Crippen molar-refractivity contribution in [3.8, 4) is 0 Å². The first-order chi connectivity index (χ1) is 7.08. The topological polar surface area (TPSA) is 32.3 Å². The van der Waals surface area contributed by atoms with Gasteiger partial charge in [-0.1, -0.05) is 6.58 Å². The second-order valence-corrected chi connectivity index (χ2v) is 3.96. The number of halogens is 1. The minimum Gasteiger partial charge on any atom is -0.360 e. The Morgan fingerprint density at radius 2 is 2.13 bits per heavy atom. The first kappa shape index (κ1) is 10.2. The fourth-order valence-corrected chi connectivity index (χ4v) is 1.84. The molecule has 1 aromatic heterocycles. The van der Waals surface area contributed by atoms with Crippen LogP contribution in [0.2, 0.25) is 5.28 Å². The predicted molar refractivity (Wildman–Crippen MR) is 60.9 cm³/mol. The molecule has 1 saturated heterocycles. The molecule has 0 N–H and O–H groups in total. The molecule has 0 atom stereocenters. The summed E-state index contributed by atoms with van der Waals surface area (Å²) in [5.74, 6) is 1.77. The maximum Gasteiger partial charge on any atom is 0.224 e. The van der Waals surface area contributed by atoms with E-state index < -0.39 is 0 Å². The van der Waals surface area contributed by atoms with Gasteiger partial charge in [-0.25, -0.2) is 9.97 Å². The lowest BCUT2D eigenvalue weighted by atomic mass is 10.4. The molecule has 4 nitrogen and oxygen atoms in total. The lowest BCUT2D eigenvalue weighted by molar-refractivity contribution is 0.489. The molecule has 5 heteroatoms. The lowest BCUT2D eigenvalue weighted by Crippen LogP contribution is -2.20. The standard InChI is InChI=1S/C10H13ClN4/c1-7-6-9(13-10(11)12-7)15-5-4-14(3)8(15)2/h6H,2,4-5H2,1,3H3. The number of rotatable bonds is 1. The summed E-state index contributed by atoms with van der Waals surface area (Å²) >= 11 is 5.82. The van der Waals surface area contributed by atoms with Crippen molar-refractivity contribution in [2.45, 2.75) is 6.92 Å². The SMILES string of the molecule is C=C1N(C)CCN1c1cc(C)nc(Cl)n1. The van der Waals surface area contributed by atoms with E-state index >= 15 is 0 Å². The Kier molecular flexibility index (Phi) is 2.52. The van der Waals surface area contributed by atoms with Crippen molar-refractivity contribution in [3.63, 3.8) is 0 Å². The molecule has 0 unspecified atom stereocenters. The average molecular weight is 225 g/mol. The Balaban J connectivity index is 2.34. The Morgan fingerprint density at radius 1 is 1.40 bits per heavy atom. The van der Waals surface area contributed by atoms with E-state index in [9.17, 15) is 0 Å². The van der Waals surface area contributed by atoms with Gasteiger partial charge < -0.3 is 9.80 Å². The number of hydrogen-bond acceptors (Lipinski definition) is 4. The summed E-state index contributed by atoms with van der Waals surface area (Å²) in [7, 11) is 2.01. The maximum absolute atomic E-state index is 5.82. The molecule has 1 aliphatic heterocycles. The summed E-state index contributed by atoms with van der Waals surface area (Å²) in [6.45, 7) is 7.75. The molecule has 0 radical (unpaired) electrons. The normalized spacial score (nSPS) is 16.3. The molecule has 1 aromatic rings. The van der Waals surface area contributed by atoms with Gasteiger partial charge in [0.05, 0.1) is 0 Å². The Hall–Kier alpha value is -1.29. The van der Waals surface area contributed by atoms with E-state index in [1.54, 1.807) is 0 Å². The van der Waals surface area contributed by atoms with Crippen LogP contribution in [-0.2, 0) is 0 Å². The number of likely N-dealkylation sites (N-methyl/N-ethyl adjacent to an activating group) is 1. The average Bonchev–Trinajstić information content (AvgIpc) is 2.46. The Bertz CT molecular complexity index is 384. The number of anilines is 1. The number of hydrogen-bond donors (Lipinski definition) is 0. The summed E-state index contributed by atoms with van der Waals surface area (Å²) in [4.78, 5) is 12.4. The fourth-order valence-electron chi connectivity index (χ4n) is 1.62. The second-order valence-electron chi connectivity index (χ2n) is 3.63. The summed E-state index contributed by atoms with van der Waals surface area (Å²) in [5.41, 5.74) is 0.868. The largest absolute Gasteiger partial charge is 0.360 e. The highest BCUT2D eigenvalue weighted by Crippen LogP contribution is 2.23. The molecule has 15 heavy (non-hydrogen) atoms. The summed E-state index contributed by atoms with van der Waals surface area (Å²) in [6, 6.07) is 1.91. The van der Waals surface area contributed by atoms with Gasteiger partial charge in [-0.15, -0.1) is 0 Å². The second kappa shape index (κ2) is 3.70. The number of aryl methyl sites for hydroxylation is 1. The third-order valence-electron chi connectivity index (χ3n) is 2.50. The highest BCUT2D eigenvalue weighted by molar-refractivity contribution is 6.28. The molecule has 80 valence electrons. The van der Waals surface area contributed by atoms with Crippen LogP contribution >= 0.6 is 11.6 Å². The van der Waals surface area contributed by atoms with E-state index in [2.05, 4.69) is 21.4 Å². The van der Waals surface area contributed by atoms with Crippen LogP contribution in [0.15, 0.2) is 18.5 Å². The third-order valence-corrected chi connectivity index (χ3v) is 2.67. The van der Waals surface area contributed by atoms with Crippen molar-refractivity contribution in [1.29, 1.82) is 0 Å². The van der Waals surface area contributed by atoms with Crippen molar-refractivity contribution >= 4 is 17.4 Å². The van der Waals surface area contributed by atoms with Crippen LogP contribution in [0.3, 0.4) is 0 Å². The molecule has 1 fully saturated rings. The lowest BCUT2D eigenvalue weighted by Gasteiger charge is -2.20. The molecule has 0 amide bonds.